The zero-order valence-electron chi connectivity index (χ0n) is 21.8. The Morgan fingerprint density at radius 1 is 1.08 bits per heavy atom. The number of methoxy groups -OCH3 is 1. The summed E-state index contributed by atoms with van der Waals surface area (Å²) in [7, 11) is 3.37. The molecule has 4 aromatic rings. The van der Waals surface area contributed by atoms with Crippen LogP contribution in [-0.4, -0.2) is 57.5 Å². The number of hydrogen-bond acceptors (Lipinski definition) is 8. The number of hydrogen-bond donors (Lipinski definition) is 1. The molecule has 0 atom stereocenters. The first kappa shape index (κ1) is 26.8. The van der Waals surface area contributed by atoms with Crippen molar-refractivity contribution < 1.29 is 19.1 Å². The number of ether oxygens (including phenoxy) is 1. The maximum atomic E-state index is 12.9. The minimum Gasteiger partial charge on any atom is -0.497 e. The number of piperidine rings is 1. The molecule has 0 saturated carbocycles. The normalized spacial score (nSPS) is 13.8. The van der Waals surface area contributed by atoms with Gasteiger partial charge in [0.2, 0.25) is 5.91 Å². The summed E-state index contributed by atoms with van der Waals surface area (Å²) in [5, 5.41) is 12.1. The lowest BCUT2D eigenvalue weighted by molar-refractivity contribution is -0.132. The van der Waals surface area contributed by atoms with E-state index in [1.165, 1.54) is 11.3 Å². The molecule has 202 valence electrons. The van der Waals surface area contributed by atoms with Crippen LogP contribution in [0, 0.1) is 0 Å². The number of carbonyl (C=O) groups is 3. The highest BCUT2D eigenvalue weighted by Crippen LogP contribution is 2.31. The fourth-order valence-corrected chi connectivity index (χ4v) is 6.22. The molecule has 1 N–H and O–H groups in total. The predicted molar refractivity (Wildman–Crippen MR) is 152 cm³/mol. The predicted octanol–water partition coefficient (Wildman–Crippen LogP) is 5.24. The number of nitrogens with one attached hydrogen (secondary N) is 1. The molecule has 39 heavy (non-hydrogen) atoms. The van der Waals surface area contributed by atoms with Gasteiger partial charge in [-0.2, -0.15) is 5.10 Å². The van der Waals surface area contributed by atoms with Gasteiger partial charge in [0.15, 0.2) is 5.78 Å². The number of aromatic nitrogens is 3. The summed E-state index contributed by atoms with van der Waals surface area (Å²) in [6, 6.07) is 12.7. The molecule has 11 heteroatoms. The summed E-state index contributed by atoms with van der Waals surface area (Å²) in [6.07, 6.45) is 1.93. The van der Waals surface area contributed by atoms with E-state index in [0.717, 1.165) is 28.4 Å². The van der Waals surface area contributed by atoms with Gasteiger partial charge < -0.3 is 15.0 Å². The van der Waals surface area contributed by atoms with Crippen LogP contribution in [0.2, 0.25) is 0 Å². The van der Waals surface area contributed by atoms with Crippen LogP contribution in [-0.2, 0) is 11.8 Å². The lowest BCUT2D eigenvalue weighted by atomic mass is 9.97. The fourth-order valence-electron chi connectivity index (χ4n) is 4.56. The van der Waals surface area contributed by atoms with Gasteiger partial charge in [-0.15, -0.1) is 22.7 Å². The molecule has 1 aliphatic heterocycles. The number of benzene rings is 1. The topological polar surface area (TPSA) is 106 Å². The lowest BCUT2D eigenvalue weighted by Gasteiger charge is -2.31. The SMILES string of the molecule is COc1ccc(C(=O)CCC(=O)N2CCC(c3nc(C(=O)Nc4cc(-c5cccs5)nn4C)cs3)CC2)cc1. The smallest absolute Gasteiger partial charge is 0.276 e. The number of aryl methyl sites for hydroxylation is 1. The summed E-state index contributed by atoms with van der Waals surface area (Å²) >= 11 is 3.07. The Kier molecular flexibility index (Phi) is 8.18. The van der Waals surface area contributed by atoms with Crippen molar-refractivity contribution in [3.8, 4) is 16.3 Å². The zero-order valence-corrected chi connectivity index (χ0v) is 23.4. The molecular formula is C28H29N5O4S2. The van der Waals surface area contributed by atoms with Gasteiger partial charge in [0.05, 0.1) is 17.0 Å². The van der Waals surface area contributed by atoms with Crippen LogP contribution in [0.4, 0.5) is 5.82 Å². The number of carbonyl (C=O) groups excluding carboxylic acids is 3. The highest BCUT2D eigenvalue weighted by molar-refractivity contribution is 7.13. The molecule has 5 rings (SSSR count). The molecule has 1 saturated heterocycles. The first-order valence-electron chi connectivity index (χ1n) is 12.7. The summed E-state index contributed by atoms with van der Waals surface area (Å²) in [5.41, 5.74) is 1.77. The number of rotatable bonds is 9. The van der Waals surface area contributed by atoms with Gasteiger partial charge in [-0.3, -0.25) is 19.1 Å². The van der Waals surface area contributed by atoms with Gasteiger partial charge in [0.1, 0.15) is 23.0 Å². The van der Waals surface area contributed by atoms with Gasteiger partial charge >= 0.3 is 0 Å². The van der Waals surface area contributed by atoms with Crippen molar-refractivity contribution in [2.24, 2.45) is 7.05 Å². The van der Waals surface area contributed by atoms with E-state index >= 15 is 0 Å². The van der Waals surface area contributed by atoms with Crippen LogP contribution in [0.5, 0.6) is 5.75 Å². The Hall–Kier alpha value is -3.83. The minimum absolute atomic E-state index is 0.00684. The third kappa shape index (κ3) is 6.26. The second kappa shape index (κ2) is 11.9. The quantitative estimate of drug-likeness (QED) is 0.279. The van der Waals surface area contributed by atoms with Crippen molar-refractivity contribution in [2.75, 3.05) is 25.5 Å². The fraction of sp³-hybridized carbons (Fsp3) is 0.321. The Morgan fingerprint density at radius 3 is 2.54 bits per heavy atom. The van der Waals surface area contributed by atoms with E-state index in [4.69, 9.17) is 4.74 Å². The number of thiazole rings is 1. The van der Waals surface area contributed by atoms with Gasteiger partial charge in [0, 0.05) is 55.9 Å². The van der Waals surface area contributed by atoms with Crippen molar-refractivity contribution in [1.29, 1.82) is 0 Å². The van der Waals surface area contributed by atoms with Crippen LogP contribution in [0.25, 0.3) is 10.6 Å². The molecule has 0 unspecified atom stereocenters. The largest absolute Gasteiger partial charge is 0.497 e. The van der Waals surface area contributed by atoms with Crippen molar-refractivity contribution >= 4 is 46.1 Å². The zero-order chi connectivity index (χ0) is 27.4. The van der Waals surface area contributed by atoms with Gasteiger partial charge in [-0.05, 0) is 48.6 Å². The number of ketones is 1. The summed E-state index contributed by atoms with van der Waals surface area (Å²) in [6.45, 7) is 1.23. The van der Waals surface area contributed by atoms with Crippen LogP contribution in [0.15, 0.2) is 53.2 Å². The molecule has 1 fully saturated rings. The number of nitrogens with zero attached hydrogens (tertiary/aromatic N) is 4. The van der Waals surface area contributed by atoms with E-state index in [2.05, 4.69) is 15.4 Å². The van der Waals surface area contributed by atoms with Crippen LogP contribution >= 0.6 is 22.7 Å². The second-order valence-corrected chi connectivity index (χ2v) is 11.2. The molecular weight excluding hydrogens is 534 g/mol. The Labute approximate surface area is 234 Å². The summed E-state index contributed by atoms with van der Waals surface area (Å²) in [4.78, 5) is 45.5. The molecule has 1 aromatic carbocycles. The highest BCUT2D eigenvalue weighted by Gasteiger charge is 2.27. The first-order valence-corrected chi connectivity index (χ1v) is 14.5. The van der Waals surface area contributed by atoms with Crippen LogP contribution in [0.3, 0.4) is 0 Å². The van der Waals surface area contributed by atoms with E-state index in [-0.39, 0.29) is 36.4 Å². The number of likely N-dealkylation sites (tertiary alicyclic amines) is 1. The number of anilines is 1. The van der Waals surface area contributed by atoms with Crippen LogP contribution in [0.1, 0.15) is 57.5 Å². The lowest BCUT2D eigenvalue weighted by Crippen LogP contribution is -2.38. The molecule has 0 radical (unpaired) electrons. The third-order valence-corrected chi connectivity index (χ3v) is 8.72. The maximum absolute atomic E-state index is 12.9. The highest BCUT2D eigenvalue weighted by atomic mass is 32.1. The van der Waals surface area contributed by atoms with E-state index in [1.807, 2.05) is 28.5 Å². The molecule has 3 aromatic heterocycles. The van der Waals surface area contributed by atoms with Crippen molar-refractivity contribution in [3.63, 3.8) is 0 Å². The molecule has 0 spiro atoms. The minimum atomic E-state index is -0.271. The van der Waals surface area contributed by atoms with Gasteiger partial charge in [-0.25, -0.2) is 4.98 Å². The molecule has 4 heterocycles. The monoisotopic (exact) mass is 563 g/mol. The maximum Gasteiger partial charge on any atom is 0.276 e. The standard InChI is InChI=1S/C28H29N5O4S2/c1-32-25(16-21(31-32)24-4-3-15-38-24)30-27(36)22-17-39-28(29-22)19-11-13-33(14-12-19)26(35)10-9-23(34)18-5-7-20(37-2)8-6-18/h3-8,15-17,19H,9-14H2,1-2H3,(H,30,36). The van der Waals surface area contributed by atoms with Crippen molar-refractivity contribution in [3.05, 3.63) is 69.5 Å². The second-order valence-electron chi connectivity index (χ2n) is 9.35. The van der Waals surface area contributed by atoms with Gasteiger partial charge in [0.25, 0.3) is 5.91 Å². The Balaban J connectivity index is 1.10. The van der Waals surface area contributed by atoms with E-state index in [1.54, 1.807) is 59.8 Å². The average Bonchev–Trinajstić information content (AvgIpc) is 3.74. The first-order chi connectivity index (χ1) is 18.9. The summed E-state index contributed by atoms with van der Waals surface area (Å²) in [5.74, 6) is 1.16. The summed E-state index contributed by atoms with van der Waals surface area (Å²) < 4.78 is 6.77. The van der Waals surface area contributed by atoms with E-state index in [0.29, 0.717) is 35.9 Å². The molecule has 0 aliphatic carbocycles. The molecule has 9 nitrogen and oxygen atoms in total. The molecule has 0 bridgehead atoms. The molecule has 1 aliphatic rings. The Bertz CT molecular complexity index is 1450. The number of thiophene rings is 1. The van der Waals surface area contributed by atoms with E-state index < -0.39 is 0 Å². The van der Waals surface area contributed by atoms with Crippen LogP contribution < -0.4 is 10.1 Å². The average molecular weight is 564 g/mol. The Morgan fingerprint density at radius 2 is 1.85 bits per heavy atom. The number of Topliss-reactive ketones (excluding diaryl/α,β-unsaturated/α-hetero) is 1. The molecule has 2 amide bonds. The van der Waals surface area contributed by atoms with Crippen molar-refractivity contribution in [2.45, 2.75) is 31.6 Å². The third-order valence-electron chi connectivity index (χ3n) is 6.82. The number of amides is 2. The van der Waals surface area contributed by atoms with Crippen molar-refractivity contribution in [1.82, 2.24) is 19.7 Å². The van der Waals surface area contributed by atoms with E-state index in [9.17, 15) is 14.4 Å². The van der Waals surface area contributed by atoms with Gasteiger partial charge in [-0.1, -0.05) is 6.07 Å².